The van der Waals surface area contributed by atoms with E-state index in [1.807, 2.05) is 0 Å². The fourth-order valence-corrected chi connectivity index (χ4v) is 1.93. The third-order valence-corrected chi connectivity index (χ3v) is 2.82. The Hall–Kier alpha value is -0.440. The van der Waals surface area contributed by atoms with Crippen LogP contribution in [-0.2, 0) is 0 Å². The largest absolute Gasteiger partial charge is 0.103 e. The topological polar surface area (TPSA) is 0 Å². The minimum Gasteiger partial charge on any atom is -0.103 e. The van der Waals surface area contributed by atoms with E-state index in [1.54, 1.807) is 0 Å². The van der Waals surface area contributed by atoms with Gasteiger partial charge in [-0.2, -0.15) is 0 Å². The smallest absolute Gasteiger partial charge is 0.0202 e. The van der Waals surface area contributed by atoms with Gasteiger partial charge in [-0.05, 0) is 19.3 Å². The van der Waals surface area contributed by atoms with Crippen LogP contribution in [0, 0.1) is 17.8 Å². The van der Waals surface area contributed by atoms with Crippen molar-refractivity contribution in [2.45, 2.75) is 64.7 Å². The van der Waals surface area contributed by atoms with Crippen LogP contribution in [0.2, 0.25) is 0 Å². The van der Waals surface area contributed by atoms with Gasteiger partial charge in [0.1, 0.15) is 0 Å². The summed E-state index contributed by atoms with van der Waals surface area (Å²) >= 11 is 0. The van der Waals surface area contributed by atoms with E-state index < -0.39 is 0 Å². The van der Waals surface area contributed by atoms with Crippen LogP contribution in [0.25, 0.3) is 0 Å². The van der Waals surface area contributed by atoms with Crippen molar-refractivity contribution in [3.8, 4) is 11.8 Å². The Balaban J connectivity index is 2.20. The van der Waals surface area contributed by atoms with Crippen LogP contribution in [0.5, 0.6) is 0 Å². The van der Waals surface area contributed by atoms with Crippen LogP contribution >= 0.6 is 0 Å². The quantitative estimate of drug-likeness (QED) is 0.448. The molecule has 0 fully saturated rings. The number of hydrogen-bond donors (Lipinski definition) is 0. The van der Waals surface area contributed by atoms with Crippen LogP contribution in [0.3, 0.4) is 0 Å². The van der Waals surface area contributed by atoms with E-state index in [1.165, 1.54) is 51.4 Å². The lowest BCUT2D eigenvalue weighted by Gasteiger charge is -2.11. The van der Waals surface area contributed by atoms with Gasteiger partial charge in [0, 0.05) is 12.3 Å². The molecule has 13 heavy (non-hydrogen) atoms. The summed E-state index contributed by atoms with van der Waals surface area (Å²) in [4.78, 5) is 0. The van der Waals surface area contributed by atoms with Crippen LogP contribution in [0.1, 0.15) is 64.7 Å². The molecule has 1 aliphatic rings. The SMILES string of the molecule is CCCCCC1C#CCCCCC1. The lowest BCUT2D eigenvalue weighted by molar-refractivity contribution is 0.486. The highest BCUT2D eigenvalue weighted by atomic mass is 14.1. The molecule has 1 atom stereocenters. The first-order valence-corrected chi connectivity index (χ1v) is 5.92. The Morgan fingerprint density at radius 3 is 2.92 bits per heavy atom. The fraction of sp³-hybridized carbons (Fsp3) is 0.846. The van der Waals surface area contributed by atoms with E-state index in [2.05, 4.69) is 18.8 Å². The van der Waals surface area contributed by atoms with Gasteiger partial charge in [-0.15, -0.1) is 5.92 Å². The Morgan fingerprint density at radius 2 is 2.08 bits per heavy atom. The predicted molar refractivity (Wildman–Crippen MR) is 58.5 cm³/mol. The van der Waals surface area contributed by atoms with Gasteiger partial charge in [0.2, 0.25) is 0 Å². The second-order valence-electron chi connectivity index (χ2n) is 4.11. The monoisotopic (exact) mass is 178 g/mol. The molecule has 1 unspecified atom stereocenters. The first kappa shape index (κ1) is 10.6. The summed E-state index contributed by atoms with van der Waals surface area (Å²) in [5, 5.41) is 0. The summed E-state index contributed by atoms with van der Waals surface area (Å²) < 4.78 is 0. The summed E-state index contributed by atoms with van der Waals surface area (Å²) in [5.74, 6) is 7.47. The predicted octanol–water partition coefficient (Wildman–Crippen LogP) is 4.15. The van der Waals surface area contributed by atoms with Crippen LogP contribution in [-0.4, -0.2) is 0 Å². The maximum atomic E-state index is 3.43. The normalized spacial score (nSPS) is 22.7. The van der Waals surface area contributed by atoms with E-state index in [9.17, 15) is 0 Å². The first-order valence-electron chi connectivity index (χ1n) is 5.92. The molecule has 0 bridgehead atoms. The highest BCUT2D eigenvalue weighted by Crippen LogP contribution is 2.18. The molecule has 0 heterocycles. The number of hydrogen-bond acceptors (Lipinski definition) is 0. The second-order valence-corrected chi connectivity index (χ2v) is 4.11. The van der Waals surface area contributed by atoms with E-state index >= 15 is 0 Å². The Labute approximate surface area is 83.1 Å². The molecule has 74 valence electrons. The van der Waals surface area contributed by atoms with Gasteiger partial charge in [-0.3, -0.25) is 0 Å². The summed E-state index contributed by atoms with van der Waals surface area (Å²) in [5.41, 5.74) is 0. The zero-order chi connectivity index (χ0) is 9.36. The minimum atomic E-state index is 0.729. The average Bonchev–Trinajstić information content (AvgIpc) is 2.08. The van der Waals surface area contributed by atoms with Crippen molar-refractivity contribution in [2.75, 3.05) is 0 Å². The van der Waals surface area contributed by atoms with Gasteiger partial charge in [0.25, 0.3) is 0 Å². The zero-order valence-corrected chi connectivity index (χ0v) is 8.94. The molecule has 0 radical (unpaired) electrons. The molecule has 0 aromatic rings. The summed E-state index contributed by atoms with van der Waals surface area (Å²) in [6, 6.07) is 0. The molecule has 0 aromatic carbocycles. The Bertz CT molecular complexity index is 170. The zero-order valence-electron chi connectivity index (χ0n) is 8.94. The van der Waals surface area contributed by atoms with E-state index in [4.69, 9.17) is 0 Å². The molecule has 0 amide bonds. The Kier molecular flexibility index (Phi) is 5.74. The van der Waals surface area contributed by atoms with Gasteiger partial charge >= 0.3 is 0 Å². The maximum absolute atomic E-state index is 3.43. The number of rotatable bonds is 4. The average molecular weight is 178 g/mol. The van der Waals surface area contributed by atoms with Gasteiger partial charge in [-0.1, -0.05) is 44.9 Å². The van der Waals surface area contributed by atoms with Crippen molar-refractivity contribution in [2.24, 2.45) is 5.92 Å². The molecule has 0 N–H and O–H groups in total. The van der Waals surface area contributed by atoms with Crippen molar-refractivity contribution in [1.82, 2.24) is 0 Å². The second kappa shape index (κ2) is 7.01. The molecule has 0 spiro atoms. The molecule has 0 saturated heterocycles. The van der Waals surface area contributed by atoms with Crippen molar-refractivity contribution in [1.29, 1.82) is 0 Å². The molecule has 1 rings (SSSR count). The minimum absolute atomic E-state index is 0.729. The lowest BCUT2D eigenvalue weighted by atomic mass is 9.93. The molecular formula is C13H22. The van der Waals surface area contributed by atoms with Gasteiger partial charge in [0.15, 0.2) is 0 Å². The summed E-state index contributed by atoms with van der Waals surface area (Å²) in [6.45, 7) is 2.27. The summed E-state index contributed by atoms with van der Waals surface area (Å²) in [7, 11) is 0. The lowest BCUT2D eigenvalue weighted by Crippen LogP contribution is -1.99. The van der Waals surface area contributed by atoms with Crippen LogP contribution in [0.4, 0.5) is 0 Å². The molecule has 0 saturated carbocycles. The maximum Gasteiger partial charge on any atom is 0.0202 e. The van der Waals surface area contributed by atoms with Gasteiger partial charge in [-0.25, -0.2) is 0 Å². The fourth-order valence-electron chi connectivity index (χ4n) is 1.93. The van der Waals surface area contributed by atoms with E-state index in [-0.39, 0.29) is 0 Å². The molecule has 0 heteroatoms. The van der Waals surface area contributed by atoms with Crippen LogP contribution in [0.15, 0.2) is 0 Å². The van der Waals surface area contributed by atoms with Crippen molar-refractivity contribution >= 4 is 0 Å². The van der Waals surface area contributed by atoms with Crippen molar-refractivity contribution < 1.29 is 0 Å². The highest BCUT2D eigenvalue weighted by Gasteiger charge is 2.05. The highest BCUT2D eigenvalue weighted by molar-refractivity contribution is 5.04. The van der Waals surface area contributed by atoms with E-state index in [0.29, 0.717) is 0 Å². The summed E-state index contributed by atoms with van der Waals surface area (Å²) in [6.07, 6.45) is 12.1. The van der Waals surface area contributed by atoms with E-state index in [0.717, 1.165) is 12.3 Å². The molecular weight excluding hydrogens is 156 g/mol. The van der Waals surface area contributed by atoms with Gasteiger partial charge < -0.3 is 0 Å². The molecule has 1 aliphatic carbocycles. The van der Waals surface area contributed by atoms with Gasteiger partial charge in [0.05, 0.1) is 0 Å². The van der Waals surface area contributed by atoms with Crippen molar-refractivity contribution in [3.05, 3.63) is 0 Å². The molecule has 0 aliphatic heterocycles. The standard InChI is InChI=1S/C13H22/c1-2-3-7-10-13-11-8-5-4-6-9-12-13/h13H,2-8,10-11H2,1H3. The third kappa shape index (κ3) is 4.98. The Morgan fingerprint density at radius 1 is 1.15 bits per heavy atom. The molecule has 0 nitrogen and oxygen atoms in total. The van der Waals surface area contributed by atoms with Crippen LogP contribution < -0.4 is 0 Å². The first-order chi connectivity index (χ1) is 6.43. The third-order valence-electron chi connectivity index (χ3n) is 2.82. The molecule has 0 aromatic heterocycles. The van der Waals surface area contributed by atoms with Crippen molar-refractivity contribution in [3.63, 3.8) is 0 Å². The number of unbranched alkanes of at least 4 members (excludes halogenated alkanes) is 2.